The Hall–Kier alpha value is -1.47. The summed E-state index contributed by atoms with van der Waals surface area (Å²) in [6.45, 7) is 3.43. The van der Waals surface area contributed by atoms with E-state index in [1.165, 1.54) is 12.3 Å². The van der Waals surface area contributed by atoms with E-state index in [2.05, 4.69) is 33.2 Å². The number of nitrogens with one attached hydrogen (secondary N) is 1. The molecule has 0 aliphatic heterocycles. The summed E-state index contributed by atoms with van der Waals surface area (Å²) in [6, 6.07) is 2.31. The number of hydrogen-bond acceptors (Lipinski definition) is 4. The molecule has 1 aromatic heterocycles. The van der Waals surface area contributed by atoms with Crippen LogP contribution in [0.5, 0.6) is 11.8 Å². The van der Waals surface area contributed by atoms with Gasteiger partial charge in [0.25, 0.3) is 0 Å². The Morgan fingerprint density at radius 2 is 2.20 bits per heavy atom. The van der Waals surface area contributed by atoms with Gasteiger partial charge < -0.3 is 14.5 Å². The fourth-order valence-corrected chi connectivity index (χ4v) is 1.92. The van der Waals surface area contributed by atoms with Gasteiger partial charge in [0.15, 0.2) is 11.6 Å². The summed E-state index contributed by atoms with van der Waals surface area (Å²) >= 11 is 3.06. The zero-order chi connectivity index (χ0) is 14.5. The third-order valence-corrected chi connectivity index (χ3v) is 2.88. The van der Waals surface area contributed by atoms with Crippen molar-refractivity contribution in [3.63, 3.8) is 0 Å². The third-order valence-electron chi connectivity index (χ3n) is 2.42. The van der Waals surface area contributed by atoms with Crippen LogP contribution in [0.15, 0.2) is 27.3 Å². The first-order valence-corrected chi connectivity index (χ1v) is 6.87. The maximum absolute atomic E-state index is 13.5. The van der Waals surface area contributed by atoms with Gasteiger partial charge in [-0.15, -0.1) is 0 Å². The SMILES string of the molecule is CCCNCc1coc(Oc2cc(Br)cc(F)c2F)n1. The molecule has 1 heterocycles. The highest BCUT2D eigenvalue weighted by molar-refractivity contribution is 9.10. The highest BCUT2D eigenvalue weighted by Crippen LogP contribution is 2.29. The number of hydrogen-bond donors (Lipinski definition) is 1. The van der Waals surface area contributed by atoms with Crippen LogP contribution in [0.25, 0.3) is 0 Å². The standard InChI is InChI=1S/C13H13BrF2N2O2/c1-2-3-17-6-9-7-19-13(18-9)20-11-5-8(14)4-10(15)12(11)16/h4-5,7,17H,2-3,6H2,1H3. The summed E-state index contributed by atoms with van der Waals surface area (Å²) in [4.78, 5) is 4.02. The molecule has 2 rings (SSSR count). The van der Waals surface area contributed by atoms with Crippen LogP contribution >= 0.6 is 15.9 Å². The lowest BCUT2D eigenvalue weighted by Gasteiger charge is -2.03. The highest BCUT2D eigenvalue weighted by Gasteiger charge is 2.14. The van der Waals surface area contributed by atoms with Crippen LogP contribution in [-0.4, -0.2) is 11.5 Å². The van der Waals surface area contributed by atoms with Gasteiger partial charge in [0, 0.05) is 11.0 Å². The van der Waals surface area contributed by atoms with Crippen LogP contribution < -0.4 is 10.1 Å². The first-order chi connectivity index (χ1) is 9.60. The van der Waals surface area contributed by atoms with Gasteiger partial charge in [-0.05, 0) is 25.1 Å². The number of oxazole rings is 1. The van der Waals surface area contributed by atoms with Crippen LogP contribution in [0.2, 0.25) is 0 Å². The van der Waals surface area contributed by atoms with Gasteiger partial charge in [-0.2, -0.15) is 9.37 Å². The van der Waals surface area contributed by atoms with Crippen molar-refractivity contribution in [3.8, 4) is 11.8 Å². The molecule has 1 aromatic carbocycles. The van der Waals surface area contributed by atoms with Crippen molar-refractivity contribution < 1.29 is 17.9 Å². The van der Waals surface area contributed by atoms with Crippen molar-refractivity contribution in [3.05, 3.63) is 40.2 Å². The Balaban J connectivity index is 2.07. The summed E-state index contributed by atoms with van der Waals surface area (Å²) in [7, 11) is 0. The molecular formula is C13H13BrF2N2O2. The Morgan fingerprint density at radius 3 is 2.95 bits per heavy atom. The Kier molecular flexibility index (Phi) is 5.08. The lowest BCUT2D eigenvalue weighted by Crippen LogP contribution is -2.13. The molecule has 0 spiro atoms. The quantitative estimate of drug-likeness (QED) is 0.634. The molecule has 2 aromatic rings. The zero-order valence-electron chi connectivity index (χ0n) is 10.8. The minimum absolute atomic E-state index is 0.130. The lowest BCUT2D eigenvalue weighted by molar-refractivity contribution is 0.312. The summed E-state index contributed by atoms with van der Waals surface area (Å²) in [5.74, 6) is -2.38. The van der Waals surface area contributed by atoms with Gasteiger partial charge in [-0.3, -0.25) is 0 Å². The van der Waals surface area contributed by atoms with Gasteiger partial charge in [-0.25, -0.2) is 4.39 Å². The van der Waals surface area contributed by atoms with Gasteiger partial charge in [0.2, 0.25) is 5.82 Å². The molecule has 0 fully saturated rings. The van der Waals surface area contributed by atoms with Crippen LogP contribution in [0.3, 0.4) is 0 Å². The Labute approximate surface area is 123 Å². The molecule has 108 valence electrons. The molecule has 0 unspecified atom stereocenters. The third kappa shape index (κ3) is 3.77. The van der Waals surface area contributed by atoms with Gasteiger partial charge in [0.1, 0.15) is 6.26 Å². The van der Waals surface area contributed by atoms with Crippen molar-refractivity contribution in [1.29, 1.82) is 0 Å². The van der Waals surface area contributed by atoms with Crippen molar-refractivity contribution in [2.75, 3.05) is 6.54 Å². The number of ether oxygens (including phenoxy) is 1. The minimum atomic E-state index is -1.09. The fraction of sp³-hybridized carbons (Fsp3) is 0.308. The molecule has 0 bridgehead atoms. The predicted octanol–water partition coefficient (Wildman–Crippen LogP) is 4.01. The molecular weight excluding hydrogens is 334 g/mol. The van der Waals surface area contributed by atoms with E-state index in [1.54, 1.807) is 0 Å². The van der Waals surface area contributed by atoms with Crippen molar-refractivity contribution >= 4 is 15.9 Å². The van der Waals surface area contributed by atoms with E-state index in [0.29, 0.717) is 16.7 Å². The molecule has 0 aliphatic carbocycles. The number of aromatic nitrogens is 1. The first-order valence-electron chi connectivity index (χ1n) is 6.07. The lowest BCUT2D eigenvalue weighted by atomic mass is 10.3. The average Bonchev–Trinajstić information content (AvgIpc) is 2.83. The number of halogens is 3. The molecule has 7 heteroatoms. The number of benzene rings is 1. The van der Waals surface area contributed by atoms with E-state index in [1.807, 2.05) is 0 Å². The van der Waals surface area contributed by atoms with E-state index in [9.17, 15) is 8.78 Å². The predicted molar refractivity (Wildman–Crippen MR) is 72.6 cm³/mol. The van der Waals surface area contributed by atoms with Gasteiger partial charge >= 0.3 is 6.08 Å². The molecule has 0 aliphatic rings. The summed E-state index contributed by atoms with van der Waals surface area (Å²) in [5, 5.41) is 3.14. The normalized spacial score (nSPS) is 10.8. The second kappa shape index (κ2) is 6.81. The topological polar surface area (TPSA) is 47.3 Å². The Morgan fingerprint density at radius 1 is 1.40 bits per heavy atom. The zero-order valence-corrected chi connectivity index (χ0v) is 12.3. The van der Waals surface area contributed by atoms with Crippen LogP contribution in [0.4, 0.5) is 8.78 Å². The second-order valence-electron chi connectivity index (χ2n) is 4.08. The highest BCUT2D eigenvalue weighted by atomic mass is 79.9. The molecule has 0 atom stereocenters. The van der Waals surface area contributed by atoms with Crippen molar-refractivity contribution in [1.82, 2.24) is 10.3 Å². The molecule has 4 nitrogen and oxygen atoms in total. The number of nitrogens with zero attached hydrogens (tertiary/aromatic N) is 1. The first kappa shape index (κ1) is 14.9. The maximum Gasteiger partial charge on any atom is 0.399 e. The van der Waals surface area contributed by atoms with Crippen molar-refractivity contribution in [2.24, 2.45) is 0 Å². The van der Waals surface area contributed by atoms with E-state index in [4.69, 9.17) is 9.15 Å². The molecule has 20 heavy (non-hydrogen) atoms. The van der Waals surface area contributed by atoms with Gasteiger partial charge in [0.05, 0.1) is 5.69 Å². The van der Waals surface area contributed by atoms with Crippen LogP contribution in [-0.2, 0) is 6.54 Å². The summed E-state index contributed by atoms with van der Waals surface area (Å²) < 4.78 is 37.3. The molecule has 1 N–H and O–H groups in total. The average molecular weight is 347 g/mol. The largest absolute Gasteiger partial charge is 0.417 e. The summed E-state index contributed by atoms with van der Waals surface area (Å²) in [6.07, 6.45) is 2.28. The van der Waals surface area contributed by atoms with Crippen LogP contribution in [0.1, 0.15) is 19.0 Å². The van der Waals surface area contributed by atoms with E-state index < -0.39 is 11.6 Å². The smallest absolute Gasteiger partial charge is 0.399 e. The van der Waals surface area contributed by atoms with E-state index >= 15 is 0 Å². The van der Waals surface area contributed by atoms with Gasteiger partial charge in [-0.1, -0.05) is 22.9 Å². The minimum Gasteiger partial charge on any atom is -0.417 e. The molecule has 0 amide bonds. The fourth-order valence-electron chi connectivity index (χ4n) is 1.51. The van der Waals surface area contributed by atoms with Crippen molar-refractivity contribution in [2.45, 2.75) is 19.9 Å². The van der Waals surface area contributed by atoms with E-state index in [0.717, 1.165) is 19.0 Å². The van der Waals surface area contributed by atoms with E-state index in [-0.39, 0.29) is 11.8 Å². The Bertz CT molecular complexity index is 590. The van der Waals surface area contributed by atoms with Crippen LogP contribution in [0, 0.1) is 11.6 Å². The summed E-state index contributed by atoms with van der Waals surface area (Å²) in [5.41, 5.74) is 0.629. The molecule has 0 saturated heterocycles. The molecule has 0 radical (unpaired) electrons. The monoisotopic (exact) mass is 346 g/mol. The molecule has 0 saturated carbocycles. The second-order valence-corrected chi connectivity index (χ2v) is 5.00. The number of rotatable bonds is 6. The maximum atomic E-state index is 13.5.